The van der Waals surface area contributed by atoms with Crippen molar-refractivity contribution in [3.05, 3.63) is 22.2 Å². The van der Waals surface area contributed by atoms with E-state index in [4.69, 9.17) is 14.2 Å². The lowest BCUT2D eigenvalue weighted by Gasteiger charge is -2.20. The van der Waals surface area contributed by atoms with Crippen LogP contribution in [-0.2, 0) is 11.3 Å². The molecule has 0 radical (unpaired) electrons. The molecule has 1 aliphatic rings. The molecule has 1 aliphatic heterocycles. The molecule has 1 heterocycles. The largest absolute Gasteiger partial charge is 0.493 e. The number of rotatable bonds is 7. The number of halogens is 1. The van der Waals surface area contributed by atoms with Crippen molar-refractivity contribution in [3.8, 4) is 11.5 Å². The van der Waals surface area contributed by atoms with Crippen LogP contribution in [0.2, 0.25) is 0 Å². The van der Waals surface area contributed by atoms with E-state index in [-0.39, 0.29) is 0 Å². The van der Waals surface area contributed by atoms with Crippen molar-refractivity contribution in [2.24, 2.45) is 0 Å². The van der Waals surface area contributed by atoms with E-state index in [1.165, 1.54) is 6.42 Å². The Bertz CT molecular complexity index is 461. The van der Waals surface area contributed by atoms with E-state index in [2.05, 4.69) is 34.2 Å². The fourth-order valence-electron chi connectivity index (χ4n) is 2.57. The normalized spacial score (nSPS) is 19.5. The summed E-state index contributed by atoms with van der Waals surface area (Å²) < 4.78 is 17.7. The number of benzene rings is 1. The van der Waals surface area contributed by atoms with E-state index < -0.39 is 0 Å². The number of nitrogens with one attached hydrogen (secondary N) is 1. The first-order valence-electron chi connectivity index (χ1n) is 7.50. The topological polar surface area (TPSA) is 39.7 Å². The number of ether oxygens (including phenoxy) is 3. The van der Waals surface area contributed by atoms with Gasteiger partial charge in [0, 0.05) is 19.2 Å². The average Bonchev–Trinajstić information content (AvgIpc) is 3.01. The zero-order chi connectivity index (χ0) is 15.2. The van der Waals surface area contributed by atoms with Crippen LogP contribution in [0.25, 0.3) is 0 Å². The van der Waals surface area contributed by atoms with Crippen molar-refractivity contribution in [2.75, 3.05) is 20.3 Å². The molecule has 21 heavy (non-hydrogen) atoms. The van der Waals surface area contributed by atoms with Gasteiger partial charge in [-0.3, -0.25) is 0 Å². The molecule has 5 heteroatoms. The van der Waals surface area contributed by atoms with E-state index in [9.17, 15) is 0 Å². The standard InChI is InChI=1S/C16H24BrNO3/c1-4-20-16-13(17)8-12(9-15(16)19-3)10-18-11(2)14-6-5-7-21-14/h8-9,11,14,18H,4-7,10H2,1-3H3. The molecule has 2 unspecified atom stereocenters. The van der Waals surface area contributed by atoms with Crippen LogP contribution in [0, 0.1) is 0 Å². The predicted molar refractivity (Wildman–Crippen MR) is 87.1 cm³/mol. The Morgan fingerprint density at radius 1 is 1.48 bits per heavy atom. The lowest BCUT2D eigenvalue weighted by Crippen LogP contribution is -2.36. The second-order valence-corrected chi connectivity index (χ2v) is 6.12. The van der Waals surface area contributed by atoms with Gasteiger partial charge in [0.05, 0.1) is 24.3 Å². The quantitative estimate of drug-likeness (QED) is 0.810. The minimum atomic E-state index is 0.332. The Morgan fingerprint density at radius 3 is 2.90 bits per heavy atom. The maximum atomic E-state index is 5.71. The number of hydrogen-bond donors (Lipinski definition) is 1. The van der Waals surface area contributed by atoms with Gasteiger partial charge in [-0.1, -0.05) is 0 Å². The summed E-state index contributed by atoms with van der Waals surface area (Å²) in [5.74, 6) is 1.52. The Labute approximate surface area is 135 Å². The molecule has 1 aromatic carbocycles. The second kappa shape index (κ2) is 8.01. The molecule has 0 aliphatic carbocycles. The summed E-state index contributed by atoms with van der Waals surface area (Å²) in [6, 6.07) is 4.44. The predicted octanol–water partition coefficient (Wildman–Crippen LogP) is 3.51. The second-order valence-electron chi connectivity index (χ2n) is 5.26. The van der Waals surface area contributed by atoms with E-state index in [1.54, 1.807) is 7.11 Å². The van der Waals surface area contributed by atoms with Crippen LogP contribution in [-0.4, -0.2) is 32.5 Å². The zero-order valence-corrected chi connectivity index (χ0v) is 14.5. The molecule has 0 saturated carbocycles. The van der Waals surface area contributed by atoms with Crippen LogP contribution >= 0.6 is 15.9 Å². The smallest absolute Gasteiger partial charge is 0.175 e. The Hall–Kier alpha value is -0.780. The minimum absolute atomic E-state index is 0.332. The van der Waals surface area contributed by atoms with Gasteiger partial charge < -0.3 is 19.5 Å². The molecule has 1 fully saturated rings. The summed E-state index contributed by atoms with van der Waals surface area (Å²) in [6.45, 7) is 6.42. The van der Waals surface area contributed by atoms with E-state index >= 15 is 0 Å². The van der Waals surface area contributed by atoms with E-state index in [1.807, 2.05) is 13.0 Å². The highest BCUT2D eigenvalue weighted by atomic mass is 79.9. The monoisotopic (exact) mass is 357 g/mol. The molecule has 2 atom stereocenters. The van der Waals surface area contributed by atoms with Gasteiger partial charge in [-0.25, -0.2) is 0 Å². The van der Waals surface area contributed by atoms with E-state index in [0.29, 0.717) is 18.8 Å². The highest BCUT2D eigenvalue weighted by Crippen LogP contribution is 2.36. The molecule has 0 spiro atoms. The summed E-state index contributed by atoms with van der Waals surface area (Å²) in [7, 11) is 1.66. The third-order valence-corrected chi connectivity index (χ3v) is 4.32. The molecule has 118 valence electrons. The van der Waals surface area contributed by atoms with Crippen LogP contribution in [0.15, 0.2) is 16.6 Å². The molecule has 1 N–H and O–H groups in total. The molecule has 0 bridgehead atoms. The van der Waals surface area contributed by atoms with Crippen molar-refractivity contribution < 1.29 is 14.2 Å². The van der Waals surface area contributed by atoms with Gasteiger partial charge in [-0.05, 0) is 60.3 Å². The Morgan fingerprint density at radius 2 is 2.29 bits per heavy atom. The lowest BCUT2D eigenvalue weighted by atomic mass is 10.1. The minimum Gasteiger partial charge on any atom is -0.493 e. The fraction of sp³-hybridized carbons (Fsp3) is 0.625. The summed E-state index contributed by atoms with van der Waals surface area (Å²) in [5, 5.41) is 3.53. The zero-order valence-electron chi connectivity index (χ0n) is 12.9. The molecule has 0 amide bonds. The van der Waals surface area contributed by atoms with Crippen molar-refractivity contribution in [3.63, 3.8) is 0 Å². The average molecular weight is 358 g/mol. The van der Waals surface area contributed by atoms with Gasteiger partial charge >= 0.3 is 0 Å². The van der Waals surface area contributed by atoms with Crippen molar-refractivity contribution >= 4 is 15.9 Å². The molecule has 4 nitrogen and oxygen atoms in total. The van der Waals surface area contributed by atoms with Gasteiger partial charge in [0.1, 0.15) is 0 Å². The lowest BCUT2D eigenvalue weighted by molar-refractivity contribution is 0.0832. The summed E-state index contributed by atoms with van der Waals surface area (Å²) in [6.07, 6.45) is 2.64. The van der Waals surface area contributed by atoms with Gasteiger partial charge in [0.25, 0.3) is 0 Å². The maximum Gasteiger partial charge on any atom is 0.175 e. The molecule has 1 saturated heterocycles. The van der Waals surface area contributed by atoms with Gasteiger partial charge in [0.15, 0.2) is 11.5 Å². The highest BCUT2D eigenvalue weighted by molar-refractivity contribution is 9.10. The Balaban J connectivity index is 2.01. The number of hydrogen-bond acceptors (Lipinski definition) is 4. The van der Waals surface area contributed by atoms with Crippen molar-refractivity contribution in [1.82, 2.24) is 5.32 Å². The van der Waals surface area contributed by atoms with Gasteiger partial charge in [-0.2, -0.15) is 0 Å². The first kappa shape index (κ1) is 16.6. The van der Waals surface area contributed by atoms with Crippen LogP contribution in [0.4, 0.5) is 0 Å². The fourth-order valence-corrected chi connectivity index (χ4v) is 3.17. The SMILES string of the molecule is CCOc1c(Br)cc(CNC(C)C2CCCO2)cc1OC. The molecule has 2 rings (SSSR count). The number of methoxy groups -OCH3 is 1. The van der Waals surface area contributed by atoms with Crippen LogP contribution in [0.1, 0.15) is 32.3 Å². The maximum absolute atomic E-state index is 5.71. The summed E-state index contributed by atoms with van der Waals surface area (Å²) in [5.41, 5.74) is 1.16. The third-order valence-electron chi connectivity index (χ3n) is 3.73. The highest BCUT2D eigenvalue weighted by Gasteiger charge is 2.22. The Kier molecular flexibility index (Phi) is 6.33. The van der Waals surface area contributed by atoms with Gasteiger partial charge in [-0.15, -0.1) is 0 Å². The van der Waals surface area contributed by atoms with Crippen LogP contribution in [0.5, 0.6) is 11.5 Å². The van der Waals surface area contributed by atoms with Crippen molar-refractivity contribution in [2.45, 2.75) is 45.4 Å². The first-order chi connectivity index (χ1) is 10.2. The van der Waals surface area contributed by atoms with Crippen LogP contribution in [0.3, 0.4) is 0 Å². The summed E-state index contributed by atoms with van der Waals surface area (Å²) >= 11 is 3.56. The van der Waals surface area contributed by atoms with Crippen molar-refractivity contribution in [1.29, 1.82) is 0 Å². The molecule has 1 aromatic rings. The third kappa shape index (κ3) is 4.34. The van der Waals surface area contributed by atoms with E-state index in [0.717, 1.165) is 41.1 Å². The summed E-state index contributed by atoms with van der Waals surface area (Å²) in [4.78, 5) is 0. The molecular formula is C16H24BrNO3. The van der Waals surface area contributed by atoms with Crippen LogP contribution < -0.4 is 14.8 Å². The molecular weight excluding hydrogens is 334 g/mol. The first-order valence-corrected chi connectivity index (χ1v) is 8.29. The molecule has 0 aromatic heterocycles. The van der Waals surface area contributed by atoms with Gasteiger partial charge in [0.2, 0.25) is 0 Å².